The molecule has 2 nitrogen and oxygen atoms in total. The predicted octanol–water partition coefficient (Wildman–Crippen LogP) is 4.07. The minimum atomic E-state index is -4.35. The van der Waals surface area contributed by atoms with Crippen LogP contribution >= 0.6 is 0 Å². The van der Waals surface area contributed by atoms with Gasteiger partial charge in [0.25, 0.3) is 5.91 Å². The number of hydrogen-bond acceptors (Lipinski definition) is 1. The van der Waals surface area contributed by atoms with Gasteiger partial charge in [-0.3, -0.25) is 4.79 Å². The molecule has 5 heteroatoms. The van der Waals surface area contributed by atoms with Crippen molar-refractivity contribution in [3.8, 4) is 0 Å². The van der Waals surface area contributed by atoms with Crippen LogP contribution in [0.2, 0.25) is 0 Å². The van der Waals surface area contributed by atoms with E-state index < -0.39 is 11.7 Å². The number of nitrogens with one attached hydrogen (secondary N) is 1. The molecule has 0 aromatic heterocycles. The van der Waals surface area contributed by atoms with Crippen LogP contribution in [0.5, 0.6) is 0 Å². The standard InChI is InChI=1S/C17H16F3NO/c1-12(21-16(22)14-7-3-2-4-8-14)10-13-6-5-9-15(11-13)17(18,19)20/h2-9,11-12H,10H2,1H3,(H,21,22). The number of carbonyl (C=O) groups excluding carboxylic acids is 1. The molecule has 0 saturated heterocycles. The average Bonchev–Trinajstić information content (AvgIpc) is 2.47. The molecule has 2 aromatic carbocycles. The summed E-state index contributed by atoms with van der Waals surface area (Å²) < 4.78 is 38.0. The van der Waals surface area contributed by atoms with Crippen LogP contribution in [0.25, 0.3) is 0 Å². The smallest absolute Gasteiger partial charge is 0.349 e. The molecule has 2 aromatic rings. The molecule has 116 valence electrons. The van der Waals surface area contributed by atoms with E-state index in [9.17, 15) is 18.0 Å². The number of halogens is 3. The van der Waals surface area contributed by atoms with Crippen LogP contribution in [-0.4, -0.2) is 11.9 Å². The lowest BCUT2D eigenvalue weighted by molar-refractivity contribution is -0.137. The van der Waals surface area contributed by atoms with Crippen LogP contribution in [0.3, 0.4) is 0 Å². The average molecular weight is 307 g/mol. The van der Waals surface area contributed by atoms with Crippen LogP contribution in [0.4, 0.5) is 13.2 Å². The first-order valence-electron chi connectivity index (χ1n) is 6.88. The first-order chi connectivity index (χ1) is 10.4. The Morgan fingerprint density at radius 3 is 2.41 bits per heavy atom. The summed E-state index contributed by atoms with van der Waals surface area (Å²) in [6.45, 7) is 1.76. The van der Waals surface area contributed by atoms with Gasteiger partial charge < -0.3 is 5.32 Å². The van der Waals surface area contributed by atoms with Gasteiger partial charge in [-0.2, -0.15) is 13.2 Å². The van der Waals surface area contributed by atoms with E-state index in [2.05, 4.69) is 5.32 Å². The lowest BCUT2D eigenvalue weighted by Crippen LogP contribution is -2.34. The fraction of sp³-hybridized carbons (Fsp3) is 0.235. The first kappa shape index (κ1) is 16.1. The molecule has 1 amide bonds. The highest BCUT2D eigenvalue weighted by Gasteiger charge is 2.30. The molecular weight excluding hydrogens is 291 g/mol. The Balaban J connectivity index is 2.00. The Morgan fingerprint density at radius 2 is 1.77 bits per heavy atom. The van der Waals surface area contributed by atoms with Gasteiger partial charge >= 0.3 is 6.18 Å². The monoisotopic (exact) mass is 307 g/mol. The molecule has 2 rings (SSSR count). The predicted molar refractivity (Wildman–Crippen MR) is 78.5 cm³/mol. The minimum Gasteiger partial charge on any atom is -0.349 e. The molecule has 0 heterocycles. The normalized spacial score (nSPS) is 12.7. The van der Waals surface area contributed by atoms with Gasteiger partial charge in [0.05, 0.1) is 5.56 Å². The van der Waals surface area contributed by atoms with Gasteiger partial charge in [0, 0.05) is 11.6 Å². The second-order valence-electron chi connectivity index (χ2n) is 5.14. The van der Waals surface area contributed by atoms with E-state index in [1.807, 2.05) is 6.07 Å². The zero-order chi connectivity index (χ0) is 16.2. The number of carbonyl (C=O) groups is 1. The maximum atomic E-state index is 12.7. The summed E-state index contributed by atoms with van der Waals surface area (Å²) in [6.07, 6.45) is -4.02. The molecule has 22 heavy (non-hydrogen) atoms. The second kappa shape index (κ2) is 6.64. The minimum absolute atomic E-state index is 0.236. The molecule has 1 N–H and O–H groups in total. The fourth-order valence-electron chi connectivity index (χ4n) is 2.18. The molecule has 0 aliphatic heterocycles. The molecule has 0 aliphatic rings. The van der Waals surface area contributed by atoms with Crippen molar-refractivity contribution >= 4 is 5.91 Å². The Bertz CT molecular complexity index is 638. The van der Waals surface area contributed by atoms with Gasteiger partial charge in [0.15, 0.2) is 0 Å². The van der Waals surface area contributed by atoms with Crippen molar-refractivity contribution in [3.05, 3.63) is 71.3 Å². The largest absolute Gasteiger partial charge is 0.416 e. The third-order valence-corrected chi connectivity index (χ3v) is 3.21. The van der Waals surface area contributed by atoms with E-state index in [1.54, 1.807) is 37.3 Å². The highest BCUT2D eigenvalue weighted by Crippen LogP contribution is 2.29. The Kier molecular flexibility index (Phi) is 4.85. The van der Waals surface area contributed by atoms with Gasteiger partial charge in [-0.05, 0) is 37.1 Å². The third-order valence-electron chi connectivity index (χ3n) is 3.21. The van der Waals surface area contributed by atoms with Crippen LogP contribution in [0.1, 0.15) is 28.4 Å². The molecule has 0 aliphatic carbocycles. The van der Waals surface area contributed by atoms with E-state index >= 15 is 0 Å². The van der Waals surface area contributed by atoms with E-state index in [0.29, 0.717) is 17.5 Å². The summed E-state index contributed by atoms with van der Waals surface area (Å²) in [5.74, 6) is -0.236. The van der Waals surface area contributed by atoms with Crippen molar-refractivity contribution in [2.45, 2.75) is 25.6 Å². The molecule has 1 atom stereocenters. The molecule has 0 saturated carbocycles. The summed E-state index contributed by atoms with van der Waals surface area (Å²) in [5.41, 5.74) is 0.390. The lowest BCUT2D eigenvalue weighted by atomic mass is 10.0. The number of alkyl halides is 3. The summed E-state index contributed by atoms with van der Waals surface area (Å²) in [7, 11) is 0. The van der Waals surface area contributed by atoms with Gasteiger partial charge in [0.1, 0.15) is 0 Å². The number of hydrogen-bond donors (Lipinski definition) is 1. The summed E-state index contributed by atoms with van der Waals surface area (Å²) in [5, 5.41) is 2.78. The van der Waals surface area contributed by atoms with E-state index in [-0.39, 0.29) is 11.9 Å². The van der Waals surface area contributed by atoms with Crippen LogP contribution in [0.15, 0.2) is 54.6 Å². The van der Waals surface area contributed by atoms with Crippen molar-refractivity contribution < 1.29 is 18.0 Å². The van der Waals surface area contributed by atoms with Crippen molar-refractivity contribution in [1.29, 1.82) is 0 Å². The zero-order valence-electron chi connectivity index (χ0n) is 12.0. The molecule has 0 bridgehead atoms. The molecule has 0 radical (unpaired) electrons. The van der Waals surface area contributed by atoms with E-state index in [4.69, 9.17) is 0 Å². The molecular formula is C17H16F3NO. The van der Waals surface area contributed by atoms with Crippen LogP contribution < -0.4 is 5.32 Å². The molecule has 0 spiro atoms. The topological polar surface area (TPSA) is 29.1 Å². The highest BCUT2D eigenvalue weighted by atomic mass is 19.4. The van der Waals surface area contributed by atoms with Gasteiger partial charge in [0.2, 0.25) is 0 Å². The Labute approximate surface area is 127 Å². The van der Waals surface area contributed by atoms with Crippen molar-refractivity contribution in [2.75, 3.05) is 0 Å². The lowest BCUT2D eigenvalue weighted by Gasteiger charge is -2.15. The van der Waals surface area contributed by atoms with E-state index in [0.717, 1.165) is 12.1 Å². The van der Waals surface area contributed by atoms with Crippen molar-refractivity contribution in [1.82, 2.24) is 5.32 Å². The number of rotatable bonds is 4. The maximum Gasteiger partial charge on any atom is 0.416 e. The van der Waals surface area contributed by atoms with Crippen molar-refractivity contribution in [3.63, 3.8) is 0 Å². The summed E-state index contributed by atoms with van der Waals surface area (Å²) in [4.78, 5) is 12.0. The van der Waals surface area contributed by atoms with Gasteiger partial charge in [-0.15, -0.1) is 0 Å². The Hall–Kier alpha value is -2.30. The maximum absolute atomic E-state index is 12.7. The Morgan fingerprint density at radius 1 is 1.09 bits per heavy atom. The zero-order valence-corrected chi connectivity index (χ0v) is 12.0. The van der Waals surface area contributed by atoms with Gasteiger partial charge in [-0.25, -0.2) is 0 Å². The van der Waals surface area contributed by atoms with Crippen molar-refractivity contribution in [2.24, 2.45) is 0 Å². The van der Waals surface area contributed by atoms with Gasteiger partial charge in [-0.1, -0.05) is 36.4 Å². The summed E-state index contributed by atoms with van der Waals surface area (Å²) >= 11 is 0. The second-order valence-corrected chi connectivity index (χ2v) is 5.14. The number of amides is 1. The molecule has 1 unspecified atom stereocenters. The third kappa shape index (κ3) is 4.35. The molecule has 0 fully saturated rings. The quantitative estimate of drug-likeness (QED) is 0.906. The SMILES string of the molecule is CC(Cc1cccc(C(F)(F)F)c1)NC(=O)c1ccccc1. The van der Waals surface area contributed by atoms with E-state index in [1.165, 1.54) is 6.07 Å². The fourth-order valence-corrected chi connectivity index (χ4v) is 2.18. The number of benzene rings is 2. The van der Waals surface area contributed by atoms with Crippen LogP contribution in [0, 0.1) is 0 Å². The first-order valence-corrected chi connectivity index (χ1v) is 6.88. The summed E-state index contributed by atoms with van der Waals surface area (Å²) in [6, 6.07) is 13.6. The highest BCUT2D eigenvalue weighted by molar-refractivity contribution is 5.94. The van der Waals surface area contributed by atoms with Crippen LogP contribution in [-0.2, 0) is 12.6 Å².